The van der Waals surface area contributed by atoms with Gasteiger partial charge in [-0.3, -0.25) is 4.79 Å². The lowest BCUT2D eigenvalue weighted by Crippen LogP contribution is -2.31. The Kier molecular flexibility index (Phi) is 2.96. The Labute approximate surface area is 103 Å². The summed E-state index contributed by atoms with van der Waals surface area (Å²) in [5, 5.41) is 0. The molecule has 1 heterocycles. The number of carbonyl (C=O) groups excluding carboxylic acids is 1. The van der Waals surface area contributed by atoms with Crippen LogP contribution in [-0.4, -0.2) is 23.9 Å². The number of benzene rings is 1. The van der Waals surface area contributed by atoms with Crippen molar-refractivity contribution < 1.29 is 4.79 Å². The molecule has 2 unspecified atom stereocenters. The molecule has 1 aliphatic heterocycles. The predicted molar refractivity (Wildman–Crippen MR) is 68.8 cm³/mol. The van der Waals surface area contributed by atoms with E-state index in [0.717, 1.165) is 0 Å². The number of amides is 1. The molecular weight excluding hydrogens is 212 g/mol. The van der Waals surface area contributed by atoms with Gasteiger partial charge in [0, 0.05) is 19.5 Å². The van der Waals surface area contributed by atoms with Crippen molar-refractivity contribution in [3.8, 4) is 0 Å². The van der Waals surface area contributed by atoms with Gasteiger partial charge < -0.3 is 10.6 Å². The zero-order valence-electron chi connectivity index (χ0n) is 10.9. The number of hydrogen-bond acceptors (Lipinski definition) is 2. The number of likely N-dealkylation sites (N-methyl/N-ethyl adjacent to an activating group) is 1. The molecule has 1 aliphatic rings. The summed E-state index contributed by atoms with van der Waals surface area (Å²) >= 11 is 0. The minimum atomic E-state index is -0.0895. The summed E-state index contributed by atoms with van der Waals surface area (Å²) in [4.78, 5) is 13.5. The first-order valence-corrected chi connectivity index (χ1v) is 6.00. The Balaban J connectivity index is 2.47. The average molecular weight is 232 g/mol. The van der Waals surface area contributed by atoms with Crippen LogP contribution in [0.4, 0.5) is 0 Å². The minimum absolute atomic E-state index is 0.0294. The van der Waals surface area contributed by atoms with Gasteiger partial charge in [-0.15, -0.1) is 0 Å². The molecule has 0 aromatic heterocycles. The van der Waals surface area contributed by atoms with E-state index in [9.17, 15) is 4.79 Å². The van der Waals surface area contributed by atoms with Crippen LogP contribution in [0.1, 0.15) is 34.7 Å². The van der Waals surface area contributed by atoms with Crippen molar-refractivity contribution in [3.63, 3.8) is 0 Å². The van der Waals surface area contributed by atoms with Crippen LogP contribution < -0.4 is 5.73 Å². The van der Waals surface area contributed by atoms with Gasteiger partial charge in [0.15, 0.2) is 0 Å². The number of hydrogen-bond donors (Lipinski definition) is 1. The lowest BCUT2D eigenvalue weighted by molar-refractivity contribution is -0.127. The lowest BCUT2D eigenvalue weighted by atomic mass is 9.93. The highest BCUT2D eigenvalue weighted by molar-refractivity contribution is 5.80. The summed E-state index contributed by atoms with van der Waals surface area (Å²) in [5.41, 5.74) is 11.0. The molecule has 2 rings (SSSR count). The summed E-state index contributed by atoms with van der Waals surface area (Å²) in [6.07, 6.45) is 0.452. The number of rotatable bonds is 1. The molecule has 3 nitrogen and oxygen atoms in total. The van der Waals surface area contributed by atoms with Gasteiger partial charge in [0.2, 0.25) is 5.91 Å². The van der Waals surface area contributed by atoms with Crippen molar-refractivity contribution in [2.45, 2.75) is 39.3 Å². The standard InChI is InChI=1S/C14H20N2O/c1-8-5-10(3)11(6-9(8)2)14-12(15)7-13(17)16(14)4/h5-6,12,14H,7,15H2,1-4H3. The third-order valence-electron chi connectivity index (χ3n) is 3.83. The zero-order valence-corrected chi connectivity index (χ0v) is 10.9. The van der Waals surface area contributed by atoms with E-state index in [1.54, 1.807) is 4.90 Å². The molecule has 0 aliphatic carbocycles. The molecule has 0 radical (unpaired) electrons. The normalized spacial score (nSPS) is 24.5. The molecule has 1 amide bonds. The van der Waals surface area contributed by atoms with Gasteiger partial charge in [-0.1, -0.05) is 12.1 Å². The Morgan fingerprint density at radius 2 is 1.76 bits per heavy atom. The first-order valence-electron chi connectivity index (χ1n) is 6.00. The maximum Gasteiger partial charge on any atom is 0.224 e. The predicted octanol–water partition coefficient (Wildman–Crippen LogP) is 1.84. The number of nitrogens with two attached hydrogens (primary N) is 1. The fourth-order valence-corrected chi connectivity index (χ4v) is 2.64. The van der Waals surface area contributed by atoms with Crippen LogP contribution >= 0.6 is 0 Å². The lowest BCUT2D eigenvalue weighted by Gasteiger charge is -2.25. The molecule has 0 spiro atoms. The second kappa shape index (κ2) is 4.15. The van der Waals surface area contributed by atoms with Crippen LogP contribution in [0.5, 0.6) is 0 Å². The summed E-state index contributed by atoms with van der Waals surface area (Å²) in [6, 6.07) is 4.29. The second-order valence-corrected chi connectivity index (χ2v) is 5.11. The van der Waals surface area contributed by atoms with Crippen molar-refractivity contribution >= 4 is 5.91 Å². The molecule has 1 aromatic carbocycles. The van der Waals surface area contributed by atoms with Gasteiger partial charge in [0.1, 0.15) is 0 Å². The van der Waals surface area contributed by atoms with E-state index in [0.29, 0.717) is 6.42 Å². The monoisotopic (exact) mass is 232 g/mol. The fraction of sp³-hybridized carbons (Fsp3) is 0.500. The van der Waals surface area contributed by atoms with Gasteiger partial charge in [-0.2, -0.15) is 0 Å². The van der Waals surface area contributed by atoms with Crippen molar-refractivity contribution in [1.29, 1.82) is 0 Å². The number of aryl methyl sites for hydroxylation is 3. The van der Waals surface area contributed by atoms with Gasteiger partial charge >= 0.3 is 0 Å². The first-order chi connectivity index (χ1) is 7.91. The van der Waals surface area contributed by atoms with Crippen molar-refractivity contribution in [2.24, 2.45) is 5.73 Å². The molecule has 1 saturated heterocycles. The summed E-state index contributed by atoms with van der Waals surface area (Å²) in [7, 11) is 1.84. The van der Waals surface area contributed by atoms with Gasteiger partial charge in [0.25, 0.3) is 0 Å². The Bertz CT molecular complexity index is 468. The molecule has 17 heavy (non-hydrogen) atoms. The topological polar surface area (TPSA) is 46.3 Å². The van der Waals surface area contributed by atoms with E-state index in [1.165, 1.54) is 22.3 Å². The Hall–Kier alpha value is -1.35. The van der Waals surface area contributed by atoms with Crippen LogP contribution in [0.2, 0.25) is 0 Å². The molecule has 2 N–H and O–H groups in total. The van der Waals surface area contributed by atoms with Crippen LogP contribution in [0.25, 0.3) is 0 Å². The number of likely N-dealkylation sites (tertiary alicyclic amines) is 1. The third-order valence-corrected chi connectivity index (χ3v) is 3.83. The van der Waals surface area contributed by atoms with Crippen molar-refractivity contribution in [3.05, 3.63) is 34.4 Å². The molecule has 92 valence electrons. The maximum atomic E-state index is 11.7. The Morgan fingerprint density at radius 3 is 2.29 bits per heavy atom. The summed E-state index contributed by atoms with van der Waals surface area (Å²) in [6.45, 7) is 6.29. The van der Waals surface area contributed by atoms with E-state index in [1.807, 2.05) is 7.05 Å². The van der Waals surface area contributed by atoms with Crippen molar-refractivity contribution in [1.82, 2.24) is 4.90 Å². The highest BCUT2D eigenvalue weighted by atomic mass is 16.2. The van der Waals surface area contributed by atoms with E-state index >= 15 is 0 Å². The van der Waals surface area contributed by atoms with E-state index < -0.39 is 0 Å². The van der Waals surface area contributed by atoms with Crippen LogP contribution in [0.3, 0.4) is 0 Å². The molecule has 3 heteroatoms. The largest absolute Gasteiger partial charge is 0.337 e. The van der Waals surface area contributed by atoms with Crippen LogP contribution in [-0.2, 0) is 4.79 Å². The molecule has 0 saturated carbocycles. The SMILES string of the molecule is Cc1cc(C)c(C2C(N)CC(=O)N2C)cc1C. The fourth-order valence-electron chi connectivity index (χ4n) is 2.64. The summed E-state index contributed by atoms with van der Waals surface area (Å²) < 4.78 is 0. The van der Waals surface area contributed by atoms with E-state index in [-0.39, 0.29) is 18.0 Å². The first kappa shape index (κ1) is 12.1. The number of nitrogens with zero attached hydrogens (tertiary/aromatic N) is 1. The van der Waals surface area contributed by atoms with Crippen LogP contribution in [0.15, 0.2) is 12.1 Å². The van der Waals surface area contributed by atoms with E-state index in [4.69, 9.17) is 5.73 Å². The molecule has 1 fully saturated rings. The molecular formula is C14H20N2O. The maximum absolute atomic E-state index is 11.7. The van der Waals surface area contributed by atoms with Crippen molar-refractivity contribution in [2.75, 3.05) is 7.05 Å². The highest BCUT2D eigenvalue weighted by Crippen LogP contribution is 2.33. The van der Waals surface area contributed by atoms with Gasteiger partial charge in [-0.25, -0.2) is 0 Å². The third kappa shape index (κ3) is 1.95. The smallest absolute Gasteiger partial charge is 0.224 e. The Morgan fingerprint density at radius 1 is 1.18 bits per heavy atom. The molecule has 1 aromatic rings. The zero-order chi connectivity index (χ0) is 12.7. The molecule has 2 atom stereocenters. The van der Waals surface area contributed by atoms with Gasteiger partial charge in [0.05, 0.1) is 6.04 Å². The number of carbonyl (C=O) groups is 1. The van der Waals surface area contributed by atoms with Gasteiger partial charge in [-0.05, 0) is 43.0 Å². The van der Waals surface area contributed by atoms with E-state index in [2.05, 4.69) is 32.9 Å². The minimum Gasteiger partial charge on any atom is -0.337 e. The average Bonchev–Trinajstić information content (AvgIpc) is 2.48. The summed E-state index contributed by atoms with van der Waals surface area (Å²) in [5.74, 6) is 0.139. The quantitative estimate of drug-likeness (QED) is 0.803. The molecule has 0 bridgehead atoms. The second-order valence-electron chi connectivity index (χ2n) is 5.11. The van der Waals surface area contributed by atoms with Crippen LogP contribution in [0, 0.1) is 20.8 Å². The highest BCUT2D eigenvalue weighted by Gasteiger charge is 2.36.